The topological polar surface area (TPSA) is 78.9 Å². The summed E-state index contributed by atoms with van der Waals surface area (Å²) in [5, 5.41) is 2.66. The molecule has 1 saturated heterocycles. The Morgan fingerprint density at radius 1 is 1.07 bits per heavy atom. The molecule has 9 heteroatoms. The second-order valence-electron chi connectivity index (χ2n) is 7.03. The van der Waals surface area contributed by atoms with E-state index in [0.717, 1.165) is 5.56 Å². The maximum absolute atomic E-state index is 13.9. The predicted molar refractivity (Wildman–Crippen MR) is 114 cm³/mol. The number of anilines is 1. The highest BCUT2D eigenvalue weighted by atomic mass is 32.2. The van der Waals surface area contributed by atoms with Gasteiger partial charge in [-0.1, -0.05) is 24.3 Å². The molecule has 0 saturated carbocycles. The molecule has 0 aliphatic carbocycles. The normalized spacial score (nSPS) is 15.1. The Hall–Kier alpha value is -2.65. The molecular weight excluding hydrogens is 409 g/mol. The highest BCUT2D eigenvalue weighted by molar-refractivity contribution is 7.89. The van der Waals surface area contributed by atoms with Gasteiger partial charge in [0.1, 0.15) is 11.6 Å². The van der Waals surface area contributed by atoms with Crippen LogP contribution >= 0.6 is 0 Å². The number of rotatable bonds is 8. The average molecular weight is 436 g/mol. The number of nitrogens with zero attached hydrogens (tertiary/aromatic N) is 2. The van der Waals surface area contributed by atoms with Gasteiger partial charge in [0.25, 0.3) is 0 Å². The van der Waals surface area contributed by atoms with E-state index in [1.54, 1.807) is 49.6 Å². The monoisotopic (exact) mass is 435 g/mol. The SMILES string of the molecule is COc1ccc(CC(=O)NCCS(=O)(=O)N2CCN(c3ccccc3F)CC2)cc1. The third-order valence-electron chi connectivity index (χ3n) is 5.03. The van der Waals surface area contributed by atoms with Crippen LogP contribution in [0.1, 0.15) is 5.56 Å². The molecule has 0 bridgehead atoms. The molecule has 1 heterocycles. The van der Waals surface area contributed by atoms with Crippen LogP contribution in [-0.2, 0) is 21.2 Å². The second-order valence-corrected chi connectivity index (χ2v) is 9.12. The van der Waals surface area contributed by atoms with E-state index in [9.17, 15) is 17.6 Å². The number of ether oxygens (including phenoxy) is 1. The van der Waals surface area contributed by atoms with Crippen molar-refractivity contribution in [1.82, 2.24) is 9.62 Å². The lowest BCUT2D eigenvalue weighted by Gasteiger charge is -2.35. The van der Waals surface area contributed by atoms with Gasteiger partial charge >= 0.3 is 0 Å². The number of carbonyl (C=O) groups is 1. The Morgan fingerprint density at radius 3 is 2.37 bits per heavy atom. The van der Waals surface area contributed by atoms with Crippen LogP contribution in [-0.4, -0.2) is 64.2 Å². The summed E-state index contributed by atoms with van der Waals surface area (Å²) in [5.74, 6) is -0.00500. The molecule has 30 heavy (non-hydrogen) atoms. The van der Waals surface area contributed by atoms with Gasteiger partial charge in [0.2, 0.25) is 15.9 Å². The Kier molecular flexibility index (Phi) is 7.28. The number of hydrogen-bond donors (Lipinski definition) is 1. The zero-order chi connectivity index (χ0) is 21.6. The van der Waals surface area contributed by atoms with Gasteiger partial charge in [-0.25, -0.2) is 12.8 Å². The van der Waals surface area contributed by atoms with Crippen LogP contribution in [0.2, 0.25) is 0 Å². The van der Waals surface area contributed by atoms with Gasteiger partial charge in [0.15, 0.2) is 0 Å². The van der Waals surface area contributed by atoms with Gasteiger partial charge in [-0.3, -0.25) is 4.79 Å². The van der Waals surface area contributed by atoms with Crippen molar-refractivity contribution in [3.05, 3.63) is 59.9 Å². The molecule has 2 aromatic rings. The molecule has 0 radical (unpaired) electrons. The first kappa shape index (κ1) is 22.0. The van der Waals surface area contributed by atoms with Crippen molar-refractivity contribution in [2.75, 3.05) is 50.5 Å². The fourth-order valence-corrected chi connectivity index (χ4v) is 4.69. The van der Waals surface area contributed by atoms with Crippen LogP contribution in [0.5, 0.6) is 5.75 Å². The van der Waals surface area contributed by atoms with E-state index in [2.05, 4.69) is 5.32 Å². The van der Waals surface area contributed by atoms with Gasteiger partial charge in [-0.2, -0.15) is 4.31 Å². The molecule has 0 spiro atoms. The summed E-state index contributed by atoms with van der Waals surface area (Å²) < 4.78 is 45.6. The highest BCUT2D eigenvalue weighted by Crippen LogP contribution is 2.21. The van der Waals surface area contributed by atoms with Crippen molar-refractivity contribution in [3.63, 3.8) is 0 Å². The van der Waals surface area contributed by atoms with Crippen LogP contribution in [0.3, 0.4) is 0 Å². The number of benzene rings is 2. The molecule has 3 rings (SSSR count). The summed E-state index contributed by atoms with van der Waals surface area (Å²) in [5.41, 5.74) is 1.31. The van der Waals surface area contributed by atoms with Crippen molar-refractivity contribution in [2.24, 2.45) is 0 Å². The largest absolute Gasteiger partial charge is 0.497 e. The Labute approximate surface area is 176 Å². The lowest BCUT2D eigenvalue weighted by molar-refractivity contribution is -0.120. The van der Waals surface area contributed by atoms with E-state index in [-0.39, 0.29) is 43.5 Å². The molecule has 0 unspecified atom stereocenters. The number of amides is 1. The third kappa shape index (κ3) is 5.70. The molecular formula is C21H26FN3O4S. The number of carbonyl (C=O) groups excluding carboxylic acids is 1. The second kappa shape index (κ2) is 9.90. The minimum Gasteiger partial charge on any atom is -0.497 e. The van der Waals surface area contributed by atoms with E-state index in [1.165, 1.54) is 10.4 Å². The van der Waals surface area contributed by atoms with Crippen molar-refractivity contribution in [1.29, 1.82) is 0 Å². The summed E-state index contributed by atoms with van der Waals surface area (Å²) in [6.45, 7) is 1.46. The minimum atomic E-state index is -3.49. The number of para-hydroxylation sites is 1. The molecule has 162 valence electrons. The van der Waals surface area contributed by atoms with Crippen LogP contribution in [0, 0.1) is 5.82 Å². The summed E-state index contributed by atoms with van der Waals surface area (Å²) in [6.07, 6.45) is 0.172. The van der Waals surface area contributed by atoms with E-state index in [0.29, 0.717) is 24.5 Å². The fraction of sp³-hybridized carbons (Fsp3) is 0.381. The molecule has 1 N–H and O–H groups in total. The molecule has 2 aromatic carbocycles. The Morgan fingerprint density at radius 2 is 1.73 bits per heavy atom. The van der Waals surface area contributed by atoms with E-state index in [4.69, 9.17) is 4.74 Å². The number of hydrogen-bond acceptors (Lipinski definition) is 5. The van der Waals surface area contributed by atoms with Gasteiger partial charge in [-0.15, -0.1) is 0 Å². The summed E-state index contributed by atoms with van der Waals surface area (Å²) in [7, 11) is -1.92. The predicted octanol–water partition coefficient (Wildman–Crippen LogP) is 1.65. The zero-order valence-corrected chi connectivity index (χ0v) is 17.7. The quantitative estimate of drug-likeness (QED) is 0.682. The molecule has 1 aliphatic heterocycles. The Bertz CT molecular complexity index is 958. The Balaban J connectivity index is 1.44. The van der Waals surface area contributed by atoms with E-state index >= 15 is 0 Å². The minimum absolute atomic E-state index is 0.0465. The van der Waals surface area contributed by atoms with Crippen LogP contribution < -0.4 is 15.0 Å². The smallest absolute Gasteiger partial charge is 0.224 e. The summed E-state index contributed by atoms with van der Waals surface area (Å²) in [6, 6.07) is 13.6. The highest BCUT2D eigenvalue weighted by Gasteiger charge is 2.27. The molecule has 1 amide bonds. The number of piperazine rings is 1. The lowest BCUT2D eigenvalue weighted by Crippen LogP contribution is -2.50. The number of sulfonamides is 1. The summed E-state index contributed by atoms with van der Waals surface area (Å²) >= 11 is 0. The third-order valence-corrected chi connectivity index (χ3v) is 6.90. The van der Waals surface area contributed by atoms with Crippen LogP contribution in [0.25, 0.3) is 0 Å². The van der Waals surface area contributed by atoms with Crippen molar-refractivity contribution in [3.8, 4) is 5.75 Å². The molecule has 0 aromatic heterocycles. The standard InChI is InChI=1S/C21H26FN3O4S/c1-29-18-8-6-17(7-9-18)16-21(26)23-10-15-30(27,28)25-13-11-24(12-14-25)20-5-3-2-4-19(20)22/h2-9H,10-16H2,1H3,(H,23,26). The molecule has 7 nitrogen and oxygen atoms in total. The zero-order valence-electron chi connectivity index (χ0n) is 16.9. The van der Waals surface area contributed by atoms with E-state index < -0.39 is 10.0 Å². The van der Waals surface area contributed by atoms with Crippen molar-refractivity contribution >= 4 is 21.6 Å². The average Bonchev–Trinajstić information content (AvgIpc) is 2.74. The first-order valence-electron chi connectivity index (χ1n) is 9.76. The fourth-order valence-electron chi connectivity index (χ4n) is 3.36. The number of halogens is 1. The maximum atomic E-state index is 13.9. The van der Waals surface area contributed by atoms with Crippen molar-refractivity contribution < 1.29 is 22.3 Å². The first-order valence-corrected chi connectivity index (χ1v) is 11.4. The van der Waals surface area contributed by atoms with Crippen molar-refractivity contribution in [2.45, 2.75) is 6.42 Å². The van der Waals surface area contributed by atoms with Crippen LogP contribution in [0.15, 0.2) is 48.5 Å². The number of methoxy groups -OCH3 is 1. The number of nitrogens with one attached hydrogen (secondary N) is 1. The van der Waals surface area contributed by atoms with Gasteiger partial charge in [0, 0.05) is 32.7 Å². The lowest BCUT2D eigenvalue weighted by atomic mass is 10.1. The molecule has 0 atom stereocenters. The molecule has 1 fully saturated rings. The summed E-state index contributed by atoms with van der Waals surface area (Å²) in [4.78, 5) is 13.9. The van der Waals surface area contributed by atoms with Gasteiger partial charge in [-0.05, 0) is 29.8 Å². The first-order chi connectivity index (χ1) is 14.4. The van der Waals surface area contributed by atoms with E-state index in [1.807, 2.05) is 4.90 Å². The van der Waals surface area contributed by atoms with Gasteiger partial charge in [0.05, 0.1) is 25.0 Å². The van der Waals surface area contributed by atoms with Gasteiger partial charge < -0.3 is 15.0 Å². The van der Waals surface area contributed by atoms with Crippen LogP contribution in [0.4, 0.5) is 10.1 Å². The molecule has 1 aliphatic rings. The maximum Gasteiger partial charge on any atom is 0.224 e.